The zero-order valence-corrected chi connectivity index (χ0v) is 23.6. The minimum atomic E-state index is 1.07. The molecule has 202 valence electrons. The van der Waals surface area contributed by atoms with Crippen LogP contribution in [0.5, 0.6) is 0 Å². The third-order valence-electron chi connectivity index (χ3n) is 7.29. The number of hydrogen-bond acceptors (Lipinski definition) is 4. The van der Waals surface area contributed by atoms with Gasteiger partial charge in [0, 0.05) is 67.1 Å². The van der Waals surface area contributed by atoms with Crippen LogP contribution in [0.3, 0.4) is 0 Å². The first-order chi connectivity index (χ1) is 20.7. The Hall–Kier alpha value is -5.48. The minimum Gasteiger partial charge on any atom is -0.296 e. The Morgan fingerprint density at radius 2 is 0.881 bits per heavy atom. The number of pyridine rings is 3. The molecule has 6 rings (SSSR count). The highest BCUT2D eigenvalue weighted by molar-refractivity contribution is 6.10. The Balaban J connectivity index is 1.50. The van der Waals surface area contributed by atoms with Gasteiger partial charge in [0.1, 0.15) is 0 Å². The lowest BCUT2D eigenvalue weighted by Crippen LogP contribution is -1.91. The number of aromatic nitrogens is 3. The van der Waals surface area contributed by atoms with Crippen molar-refractivity contribution in [1.82, 2.24) is 15.0 Å². The molecule has 0 spiro atoms. The monoisotopic (exact) mass is 542 g/mol. The highest BCUT2D eigenvalue weighted by atomic mass is 14.6. The van der Waals surface area contributed by atoms with E-state index in [0.717, 1.165) is 66.8 Å². The third-order valence-corrected chi connectivity index (χ3v) is 7.29. The highest BCUT2D eigenvalue weighted by Crippen LogP contribution is 2.36. The van der Waals surface area contributed by atoms with E-state index in [1.807, 2.05) is 49.9 Å². The molecule has 3 aromatic heterocycles. The van der Waals surface area contributed by atoms with Gasteiger partial charge in [-0.3, -0.25) is 19.9 Å². The molecule has 0 aliphatic carbocycles. The second-order valence-electron chi connectivity index (χ2n) is 10.0. The van der Waals surface area contributed by atoms with Gasteiger partial charge in [0.25, 0.3) is 0 Å². The minimum absolute atomic E-state index is 1.07. The Labute approximate surface area is 246 Å². The molecule has 4 nitrogen and oxygen atoms in total. The van der Waals surface area contributed by atoms with Crippen molar-refractivity contribution in [2.75, 3.05) is 7.05 Å². The maximum atomic E-state index is 4.36. The van der Waals surface area contributed by atoms with Gasteiger partial charge >= 0.3 is 0 Å². The summed E-state index contributed by atoms with van der Waals surface area (Å²) in [6.07, 6.45) is 15.1. The molecule has 0 aliphatic rings. The Bertz CT molecular complexity index is 1820. The van der Waals surface area contributed by atoms with E-state index in [1.54, 1.807) is 25.6 Å². The van der Waals surface area contributed by atoms with Crippen LogP contribution < -0.4 is 0 Å². The molecule has 3 heterocycles. The lowest BCUT2D eigenvalue weighted by atomic mass is 9.91. The Morgan fingerprint density at radius 1 is 0.500 bits per heavy atom. The van der Waals surface area contributed by atoms with Crippen molar-refractivity contribution in [2.45, 2.75) is 6.92 Å². The lowest BCUT2D eigenvalue weighted by molar-refractivity contribution is 1.32. The number of aliphatic imine (C=N–C) groups is 1. The second kappa shape index (κ2) is 12.4. The smallest absolute Gasteiger partial charge is 0.0346 e. The first kappa shape index (κ1) is 26.7. The van der Waals surface area contributed by atoms with Gasteiger partial charge in [-0.2, -0.15) is 0 Å². The van der Waals surface area contributed by atoms with Crippen LogP contribution in [-0.2, 0) is 0 Å². The average Bonchev–Trinajstić information content (AvgIpc) is 3.08. The number of allylic oxidation sites excluding steroid dienone is 2. The SMILES string of the molecule is C/C=C(\C=NC)c1cc(-c2cccnc2)cc(-c2cccc(-c3cc(-c4cccnc4)cc(-c4cccnc4)c3)c2)c1. The Kier molecular flexibility index (Phi) is 7.87. The first-order valence-electron chi connectivity index (χ1n) is 13.9. The largest absolute Gasteiger partial charge is 0.296 e. The molecule has 0 bridgehead atoms. The van der Waals surface area contributed by atoms with Gasteiger partial charge in [-0.05, 0) is 118 Å². The first-order valence-corrected chi connectivity index (χ1v) is 13.9. The van der Waals surface area contributed by atoms with Crippen molar-refractivity contribution in [3.05, 3.63) is 146 Å². The summed E-state index contributed by atoms with van der Waals surface area (Å²) >= 11 is 0. The van der Waals surface area contributed by atoms with Crippen LogP contribution in [-0.4, -0.2) is 28.2 Å². The molecule has 0 saturated carbocycles. The predicted molar refractivity (Wildman–Crippen MR) is 175 cm³/mol. The molecule has 0 amide bonds. The molecule has 0 fully saturated rings. The van der Waals surface area contributed by atoms with Gasteiger partial charge in [-0.1, -0.05) is 42.5 Å². The molecule has 6 aromatic rings. The Morgan fingerprint density at radius 3 is 1.29 bits per heavy atom. The van der Waals surface area contributed by atoms with E-state index in [2.05, 4.69) is 105 Å². The molecule has 0 atom stereocenters. The van der Waals surface area contributed by atoms with Crippen LogP contribution in [0.1, 0.15) is 12.5 Å². The van der Waals surface area contributed by atoms with Gasteiger partial charge in [0.2, 0.25) is 0 Å². The van der Waals surface area contributed by atoms with Gasteiger partial charge < -0.3 is 0 Å². The van der Waals surface area contributed by atoms with Crippen molar-refractivity contribution in [1.29, 1.82) is 0 Å². The summed E-state index contributed by atoms with van der Waals surface area (Å²) < 4.78 is 0. The van der Waals surface area contributed by atoms with E-state index in [-0.39, 0.29) is 0 Å². The van der Waals surface area contributed by atoms with Gasteiger partial charge in [-0.25, -0.2) is 0 Å². The molecular formula is C38H30N4. The van der Waals surface area contributed by atoms with Crippen LogP contribution in [0, 0.1) is 0 Å². The molecule has 42 heavy (non-hydrogen) atoms. The average molecular weight is 543 g/mol. The van der Waals surface area contributed by atoms with Crippen molar-refractivity contribution in [3.63, 3.8) is 0 Å². The molecule has 0 saturated heterocycles. The fraction of sp³-hybridized carbons (Fsp3) is 0.0526. The molecule has 0 aliphatic heterocycles. The fourth-order valence-corrected chi connectivity index (χ4v) is 5.19. The van der Waals surface area contributed by atoms with E-state index in [1.165, 1.54) is 0 Å². The maximum Gasteiger partial charge on any atom is 0.0346 e. The van der Waals surface area contributed by atoms with Crippen molar-refractivity contribution in [2.24, 2.45) is 4.99 Å². The zero-order valence-electron chi connectivity index (χ0n) is 23.6. The summed E-state index contributed by atoms with van der Waals surface area (Å²) in [5.41, 5.74) is 13.3. The van der Waals surface area contributed by atoms with Gasteiger partial charge in [0.15, 0.2) is 0 Å². The molecular weight excluding hydrogens is 512 g/mol. The number of hydrogen-bond donors (Lipinski definition) is 0. The van der Waals surface area contributed by atoms with Crippen LogP contribution in [0.15, 0.2) is 145 Å². The molecule has 0 unspecified atom stereocenters. The van der Waals surface area contributed by atoms with Crippen molar-refractivity contribution in [3.8, 4) is 55.6 Å². The third kappa shape index (κ3) is 5.84. The summed E-state index contributed by atoms with van der Waals surface area (Å²) in [5.74, 6) is 0. The van der Waals surface area contributed by atoms with E-state index < -0.39 is 0 Å². The normalized spacial score (nSPS) is 11.6. The topological polar surface area (TPSA) is 51.0 Å². The van der Waals surface area contributed by atoms with Crippen molar-refractivity contribution < 1.29 is 0 Å². The standard InChI is InChI=1S/C38H30N4/c1-3-27(23-39-2)33-17-34(19-36(18-33)30-10-5-13-40-24-30)28-8-4-9-29(16-28)35-20-37(31-11-6-14-41-25-31)22-38(21-35)32-12-7-15-42-26-32/h3-26H,1-2H3/b27-3+,39-23?. The van der Waals surface area contributed by atoms with E-state index >= 15 is 0 Å². The number of benzene rings is 3. The summed E-state index contributed by atoms with van der Waals surface area (Å²) in [6, 6.07) is 34.3. The highest BCUT2D eigenvalue weighted by Gasteiger charge is 2.11. The van der Waals surface area contributed by atoms with E-state index in [9.17, 15) is 0 Å². The van der Waals surface area contributed by atoms with Gasteiger partial charge in [-0.15, -0.1) is 0 Å². The fourth-order valence-electron chi connectivity index (χ4n) is 5.19. The summed E-state index contributed by atoms with van der Waals surface area (Å²) in [4.78, 5) is 17.4. The summed E-state index contributed by atoms with van der Waals surface area (Å²) in [5, 5.41) is 0. The summed E-state index contributed by atoms with van der Waals surface area (Å²) in [7, 11) is 1.80. The number of rotatable bonds is 7. The predicted octanol–water partition coefficient (Wildman–Crippen LogP) is 9.31. The number of nitrogens with zero attached hydrogens (tertiary/aromatic N) is 4. The maximum absolute atomic E-state index is 4.36. The quantitative estimate of drug-likeness (QED) is 0.189. The van der Waals surface area contributed by atoms with Crippen LogP contribution >= 0.6 is 0 Å². The van der Waals surface area contributed by atoms with E-state index in [4.69, 9.17) is 0 Å². The molecule has 0 radical (unpaired) electrons. The van der Waals surface area contributed by atoms with Crippen molar-refractivity contribution >= 4 is 11.8 Å². The second-order valence-corrected chi connectivity index (χ2v) is 10.0. The van der Waals surface area contributed by atoms with Crippen LogP contribution in [0.2, 0.25) is 0 Å². The summed E-state index contributed by atoms with van der Waals surface area (Å²) in [6.45, 7) is 2.04. The van der Waals surface area contributed by atoms with Crippen LogP contribution in [0.4, 0.5) is 0 Å². The van der Waals surface area contributed by atoms with Crippen LogP contribution in [0.25, 0.3) is 61.2 Å². The zero-order chi connectivity index (χ0) is 28.7. The molecule has 3 aromatic carbocycles. The molecule has 0 N–H and O–H groups in total. The van der Waals surface area contributed by atoms with E-state index in [0.29, 0.717) is 0 Å². The van der Waals surface area contributed by atoms with Gasteiger partial charge in [0.05, 0.1) is 0 Å². The molecule has 4 heteroatoms. The lowest BCUT2D eigenvalue weighted by Gasteiger charge is -2.14.